The van der Waals surface area contributed by atoms with Crippen molar-refractivity contribution in [2.24, 2.45) is 0 Å². The van der Waals surface area contributed by atoms with Crippen LogP contribution in [0.3, 0.4) is 0 Å². The number of nitrogens with one attached hydrogen (secondary N) is 1. The van der Waals surface area contributed by atoms with E-state index in [1.807, 2.05) is 20.8 Å². The number of halogens is 1. The van der Waals surface area contributed by atoms with E-state index in [9.17, 15) is 9.18 Å². The van der Waals surface area contributed by atoms with Crippen LogP contribution in [0.25, 0.3) is 0 Å². The first-order valence-electron chi connectivity index (χ1n) is 8.44. The lowest BCUT2D eigenvalue weighted by molar-refractivity contribution is -0.0643. The van der Waals surface area contributed by atoms with Gasteiger partial charge in [0.05, 0.1) is 18.8 Å². The largest absolute Gasteiger partial charge is 0.367 e. The molecule has 0 aliphatic carbocycles. The second-order valence-corrected chi connectivity index (χ2v) is 6.58. The van der Waals surface area contributed by atoms with Gasteiger partial charge >= 0.3 is 6.03 Å². The van der Waals surface area contributed by atoms with E-state index in [0.717, 1.165) is 5.56 Å². The van der Waals surface area contributed by atoms with Crippen LogP contribution in [-0.2, 0) is 4.74 Å². The standard InChI is InChI=1S/C18H23FN4O2/c1-12(2)23-17(8-9-20-23)21-18(24)22-10-13(3)25-16(11-22)14-4-6-15(19)7-5-14/h4-9,12-13,16H,10-11H2,1-3H3,(H,21,24)/t13-,16+/m1/s1. The predicted octanol–water partition coefficient (Wildman–Crippen LogP) is 3.60. The summed E-state index contributed by atoms with van der Waals surface area (Å²) in [5.74, 6) is 0.377. The summed E-state index contributed by atoms with van der Waals surface area (Å²) in [7, 11) is 0. The number of aromatic nitrogens is 2. The summed E-state index contributed by atoms with van der Waals surface area (Å²) in [4.78, 5) is 14.4. The van der Waals surface area contributed by atoms with Gasteiger partial charge in [-0.1, -0.05) is 12.1 Å². The molecule has 2 heterocycles. The molecular formula is C18H23FN4O2. The van der Waals surface area contributed by atoms with Crippen LogP contribution in [0.2, 0.25) is 0 Å². The number of hydrogen-bond donors (Lipinski definition) is 1. The van der Waals surface area contributed by atoms with Crippen molar-refractivity contribution in [1.82, 2.24) is 14.7 Å². The molecule has 0 spiro atoms. The molecular weight excluding hydrogens is 323 g/mol. The van der Waals surface area contributed by atoms with E-state index in [2.05, 4.69) is 10.4 Å². The highest BCUT2D eigenvalue weighted by molar-refractivity contribution is 5.88. The van der Waals surface area contributed by atoms with Crippen molar-refractivity contribution in [2.45, 2.75) is 39.0 Å². The van der Waals surface area contributed by atoms with Gasteiger partial charge < -0.3 is 9.64 Å². The Morgan fingerprint density at radius 3 is 2.68 bits per heavy atom. The van der Waals surface area contributed by atoms with Crippen LogP contribution in [0.4, 0.5) is 15.0 Å². The van der Waals surface area contributed by atoms with Gasteiger partial charge in [-0.25, -0.2) is 13.9 Å². The molecule has 0 saturated carbocycles. The van der Waals surface area contributed by atoms with Crippen LogP contribution >= 0.6 is 0 Å². The highest BCUT2D eigenvalue weighted by Gasteiger charge is 2.30. The molecule has 3 rings (SSSR count). The molecule has 1 saturated heterocycles. The minimum atomic E-state index is -0.288. The minimum absolute atomic E-state index is 0.107. The summed E-state index contributed by atoms with van der Waals surface area (Å²) in [6.45, 7) is 6.85. The average molecular weight is 346 g/mol. The SMILES string of the molecule is CC(C)n1nccc1NC(=O)N1C[C@@H](C)O[C@H](c2ccc(F)cc2)C1. The number of benzene rings is 1. The molecule has 6 nitrogen and oxygen atoms in total. The van der Waals surface area contributed by atoms with Crippen molar-refractivity contribution >= 4 is 11.8 Å². The van der Waals surface area contributed by atoms with Crippen molar-refractivity contribution < 1.29 is 13.9 Å². The highest BCUT2D eigenvalue weighted by Crippen LogP contribution is 2.26. The van der Waals surface area contributed by atoms with Crippen molar-refractivity contribution in [2.75, 3.05) is 18.4 Å². The Balaban J connectivity index is 1.71. The molecule has 2 atom stereocenters. The molecule has 1 aromatic heterocycles. The molecule has 1 fully saturated rings. The number of amides is 2. The van der Waals surface area contributed by atoms with E-state index in [-0.39, 0.29) is 30.1 Å². The molecule has 2 aromatic rings. The van der Waals surface area contributed by atoms with Crippen LogP contribution in [0.5, 0.6) is 0 Å². The fourth-order valence-electron chi connectivity index (χ4n) is 2.99. The van der Waals surface area contributed by atoms with Gasteiger partial charge in [0.1, 0.15) is 17.7 Å². The lowest BCUT2D eigenvalue weighted by Gasteiger charge is -2.37. The van der Waals surface area contributed by atoms with E-state index in [4.69, 9.17) is 4.74 Å². The van der Waals surface area contributed by atoms with Crippen molar-refractivity contribution in [1.29, 1.82) is 0 Å². The van der Waals surface area contributed by atoms with Gasteiger partial charge in [-0.3, -0.25) is 5.32 Å². The first kappa shape index (κ1) is 17.4. The number of rotatable bonds is 3. The average Bonchev–Trinajstić information content (AvgIpc) is 3.03. The fourth-order valence-corrected chi connectivity index (χ4v) is 2.99. The van der Waals surface area contributed by atoms with Gasteiger partial charge in [-0.2, -0.15) is 5.10 Å². The zero-order valence-electron chi connectivity index (χ0n) is 14.6. The third-order valence-corrected chi connectivity index (χ3v) is 4.18. The Labute approximate surface area is 146 Å². The van der Waals surface area contributed by atoms with Gasteiger partial charge in [0.25, 0.3) is 0 Å². The number of carbonyl (C=O) groups excluding carboxylic acids is 1. The number of hydrogen-bond acceptors (Lipinski definition) is 3. The van der Waals surface area contributed by atoms with Gasteiger partial charge in [-0.15, -0.1) is 0 Å². The van der Waals surface area contributed by atoms with E-state index in [1.165, 1.54) is 12.1 Å². The zero-order chi connectivity index (χ0) is 18.0. The molecule has 0 radical (unpaired) electrons. The number of nitrogens with zero attached hydrogens (tertiary/aromatic N) is 3. The topological polar surface area (TPSA) is 59.4 Å². The Hall–Kier alpha value is -2.41. The second-order valence-electron chi connectivity index (χ2n) is 6.58. The molecule has 0 bridgehead atoms. The third kappa shape index (κ3) is 3.99. The number of morpholine rings is 1. The van der Waals surface area contributed by atoms with E-state index < -0.39 is 0 Å². The summed E-state index contributed by atoms with van der Waals surface area (Å²) in [6, 6.07) is 7.95. The van der Waals surface area contributed by atoms with Crippen LogP contribution in [0.15, 0.2) is 36.5 Å². The first-order valence-corrected chi connectivity index (χ1v) is 8.44. The molecule has 134 valence electrons. The van der Waals surface area contributed by atoms with Crippen LogP contribution < -0.4 is 5.32 Å². The number of ether oxygens (including phenoxy) is 1. The van der Waals surface area contributed by atoms with Crippen LogP contribution in [-0.4, -0.2) is 39.9 Å². The van der Waals surface area contributed by atoms with Gasteiger partial charge in [0.2, 0.25) is 0 Å². The van der Waals surface area contributed by atoms with E-state index in [1.54, 1.807) is 34.0 Å². The summed E-state index contributed by atoms with van der Waals surface area (Å²) in [5, 5.41) is 7.14. The maximum atomic E-state index is 13.1. The lowest BCUT2D eigenvalue weighted by Crippen LogP contribution is -2.47. The van der Waals surface area contributed by atoms with E-state index >= 15 is 0 Å². The first-order chi connectivity index (χ1) is 11.9. The van der Waals surface area contributed by atoms with Crippen LogP contribution in [0.1, 0.15) is 38.5 Å². The van der Waals surface area contributed by atoms with Gasteiger partial charge in [-0.05, 0) is 38.5 Å². The minimum Gasteiger partial charge on any atom is -0.367 e. The highest BCUT2D eigenvalue weighted by atomic mass is 19.1. The van der Waals surface area contributed by atoms with Crippen molar-refractivity contribution in [3.8, 4) is 0 Å². The number of anilines is 1. The molecule has 25 heavy (non-hydrogen) atoms. The molecule has 1 N–H and O–H groups in total. The lowest BCUT2D eigenvalue weighted by atomic mass is 10.1. The Morgan fingerprint density at radius 2 is 2.00 bits per heavy atom. The molecule has 1 aromatic carbocycles. The molecule has 7 heteroatoms. The summed E-state index contributed by atoms with van der Waals surface area (Å²) >= 11 is 0. The summed E-state index contributed by atoms with van der Waals surface area (Å²) in [6.07, 6.45) is 1.29. The Bertz CT molecular complexity index is 729. The number of urea groups is 1. The fraction of sp³-hybridized carbons (Fsp3) is 0.444. The number of carbonyl (C=O) groups is 1. The zero-order valence-corrected chi connectivity index (χ0v) is 14.6. The Kier molecular flexibility index (Phi) is 5.03. The molecule has 1 aliphatic rings. The van der Waals surface area contributed by atoms with Crippen molar-refractivity contribution in [3.63, 3.8) is 0 Å². The Morgan fingerprint density at radius 1 is 1.28 bits per heavy atom. The van der Waals surface area contributed by atoms with Crippen molar-refractivity contribution in [3.05, 3.63) is 47.9 Å². The quantitative estimate of drug-likeness (QED) is 0.924. The van der Waals surface area contributed by atoms with Crippen LogP contribution in [0, 0.1) is 5.82 Å². The van der Waals surface area contributed by atoms with Gasteiger partial charge in [0, 0.05) is 18.7 Å². The summed E-state index contributed by atoms with van der Waals surface area (Å²) < 4.78 is 20.8. The molecule has 1 aliphatic heterocycles. The molecule has 0 unspecified atom stereocenters. The van der Waals surface area contributed by atoms with Gasteiger partial charge in [0.15, 0.2) is 0 Å². The van der Waals surface area contributed by atoms with E-state index in [0.29, 0.717) is 18.9 Å². The maximum absolute atomic E-state index is 13.1. The smallest absolute Gasteiger partial charge is 0.323 e. The monoisotopic (exact) mass is 346 g/mol. The predicted molar refractivity (Wildman–Crippen MR) is 92.9 cm³/mol. The maximum Gasteiger partial charge on any atom is 0.323 e. The molecule has 2 amide bonds. The third-order valence-electron chi connectivity index (χ3n) is 4.18. The summed E-state index contributed by atoms with van der Waals surface area (Å²) in [5.41, 5.74) is 0.859. The normalized spacial score (nSPS) is 20.8. The second kappa shape index (κ2) is 7.23.